The molecule has 32 heavy (non-hydrogen) atoms. The van der Waals surface area contributed by atoms with E-state index in [2.05, 4.69) is 15.1 Å². The lowest BCUT2D eigenvalue weighted by Crippen LogP contribution is -2.40. The van der Waals surface area contributed by atoms with Gasteiger partial charge in [-0.1, -0.05) is 0 Å². The molecule has 12 nitrogen and oxygen atoms in total. The molecule has 0 aliphatic carbocycles. The molecule has 0 amide bonds. The Labute approximate surface area is 189 Å². The highest BCUT2D eigenvalue weighted by Gasteiger charge is 2.30. The first kappa shape index (κ1) is 22.9. The zero-order valence-corrected chi connectivity index (χ0v) is 19.2. The third-order valence-electron chi connectivity index (χ3n) is 5.24. The average molecular weight is 485 g/mol. The fourth-order valence-corrected chi connectivity index (χ4v) is 5.95. The number of hydrogen-bond donors (Lipinski definition) is 0. The van der Waals surface area contributed by atoms with E-state index in [-0.39, 0.29) is 23.7 Å². The van der Waals surface area contributed by atoms with Crippen LogP contribution in [0.25, 0.3) is 0 Å². The van der Waals surface area contributed by atoms with Crippen LogP contribution in [0.15, 0.2) is 33.1 Å². The Kier molecular flexibility index (Phi) is 6.95. The Morgan fingerprint density at radius 3 is 2.38 bits per heavy atom. The third-order valence-corrected chi connectivity index (χ3v) is 8.19. The van der Waals surface area contributed by atoms with Crippen LogP contribution in [0.3, 0.4) is 0 Å². The molecule has 0 unspecified atom stereocenters. The minimum absolute atomic E-state index is 0.110. The number of morpholine rings is 2. The summed E-state index contributed by atoms with van der Waals surface area (Å²) in [4.78, 5) is 13.5. The fraction of sp³-hybridized carbons (Fsp3) is 0.556. The number of ether oxygens (including phenoxy) is 2. The Balaban J connectivity index is 1.63. The molecule has 2 fully saturated rings. The van der Waals surface area contributed by atoms with Gasteiger partial charge >= 0.3 is 0 Å². The van der Waals surface area contributed by atoms with E-state index in [9.17, 15) is 18.5 Å². The molecule has 0 N–H and O–H groups in total. The number of rotatable bonds is 7. The van der Waals surface area contributed by atoms with E-state index in [0.717, 1.165) is 17.8 Å². The van der Waals surface area contributed by atoms with Gasteiger partial charge < -0.3 is 14.4 Å². The molecule has 3 heterocycles. The summed E-state index contributed by atoms with van der Waals surface area (Å²) in [6, 6.07) is 3.97. The lowest BCUT2D eigenvalue weighted by Gasteiger charge is -2.27. The van der Waals surface area contributed by atoms with E-state index in [1.807, 2.05) is 11.5 Å². The van der Waals surface area contributed by atoms with Gasteiger partial charge in [-0.25, -0.2) is 8.42 Å². The second kappa shape index (κ2) is 9.70. The summed E-state index contributed by atoms with van der Waals surface area (Å²) >= 11 is 1.09. The molecule has 0 bridgehead atoms. The average Bonchev–Trinajstić information content (AvgIpc) is 3.22. The summed E-state index contributed by atoms with van der Waals surface area (Å²) in [6.07, 6.45) is 0. The molecule has 174 valence electrons. The second-order valence-corrected chi connectivity index (χ2v) is 10.1. The van der Waals surface area contributed by atoms with Crippen molar-refractivity contribution in [1.82, 2.24) is 19.1 Å². The first-order valence-corrected chi connectivity index (χ1v) is 12.5. The van der Waals surface area contributed by atoms with E-state index in [0.29, 0.717) is 62.1 Å². The molecule has 1 aromatic carbocycles. The molecular formula is C18H24N6O6S2. The van der Waals surface area contributed by atoms with Crippen molar-refractivity contribution in [1.29, 1.82) is 0 Å². The fourth-order valence-electron chi connectivity index (χ4n) is 3.55. The molecule has 0 saturated carbocycles. The first-order valence-electron chi connectivity index (χ1n) is 10.2. The van der Waals surface area contributed by atoms with E-state index in [1.54, 1.807) is 0 Å². The Hall–Kier alpha value is -2.26. The number of anilines is 1. The predicted octanol–water partition coefficient (Wildman–Crippen LogP) is 1.21. The van der Waals surface area contributed by atoms with Crippen LogP contribution in [0.4, 0.5) is 11.6 Å². The van der Waals surface area contributed by atoms with E-state index < -0.39 is 14.9 Å². The summed E-state index contributed by atoms with van der Waals surface area (Å²) in [7, 11) is -3.84. The van der Waals surface area contributed by atoms with Crippen molar-refractivity contribution < 1.29 is 22.8 Å². The standard InChI is InChI=1S/C18H24N6O6S2/c1-2-23-17(21-5-9-29-10-6-21)19-20-18(23)31-16-4-3-14(13-15(16)24(25)26)32(27,28)22-7-11-30-12-8-22/h3-4,13H,2,5-12H2,1H3. The van der Waals surface area contributed by atoms with Crippen LogP contribution in [0, 0.1) is 10.1 Å². The zero-order chi connectivity index (χ0) is 22.7. The van der Waals surface area contributed by atoms with Crippen molar-refractivity contribution in [3.63, 3.8) is 0 Å². The highest BCUT2D eigenvalue weighted by molar-refractivity contribution is 7.99. The van der Waals surface area contributed by atoms with Crippen molar-refractivity contribution in [2.45, 2.75) is 28.4 Å². The summed E-state index contributed by atoms with van der Waals surface area (Å²) in [5, 5.41) is 20.8. The molecule has 0 spiro atoms. The van der Waals surface area contributed by atoms with Crippen molar-refractivity contribution in [2.24, 2.45) is 0 Å². The van der Waals surface area contributed by atoms with Gasteiger partial charge in [0.2, 0.25) is 16.0 Å². The summed E-state index contributed by atoms with van der Waals surface area (Å²) < 4.78 is 39.6. The maximum absolute atomic E-state index is 12.9. The van der Waals surface area contributed by atoms with Gasteiger partial charge in [0.05, 0.1) is 41.1 Å². The molecule has 2 aromatic rings. The summed E-state index contributed by atoms with van der Waals surface area (Å²) in [6.45, 7) is 6.15. The quantitative estimate of drug-likeness (QED) is 0.417. The Bertz CT molecular complexity index is 1080. The largest absolute Gasteiger partial charge is 0.379 e. The molecule has 1 aromatic heterocycles. The SMILES string of the molecule is CCn1c(Sc2ccc(S(=O)(=O)N3CCOCC3)cc2[N+](=O)[O-])nnc1N1CCOCC1. The highest BCUT2D eigenvalue weighted by atomic mass is 32.2. The number of benzene rings is 1. The van der Waals surface area contributed by atoms with Crippen LogP contribution < -0.4 is 4.90 Å². The Morgan fingerprint density at radius 2 is 1.75 bits per heavy atom. The van der Waals surface area contributed by atoms with Crippen molar-refractivity contribution in [3.05, 3.63) is 28.3 Å². The van der Waals surface area contributed by atoms with Gasteiger partial charge in [-0.15, -0.1) is 10.2 Å². The van der Waals surface area contributed by atoms with Gasteiger partial charge in [-0.05, 0) is 30.8 Å². The molecule has 4 rings (SSSR count). The van der Waals surface area contributed by atoms with Crippen LogP contribution >= 0.6 is 11.8 Å². The van der Waals surface area contributed by atoms with Crippen molar-refractivity contribution in [3.8, 4) is 0 Å². The molecule has 0 atom stereocenters. The molecule has 2 saturated heterocycles. The van der Waals surface area contributed by atoms with Crippen LogP contribution in [0.2, 0.25) is 0 Å². The van der Waals surface area contributed by atoms with Gasteiger partial charge in [0.15, 0.2) is 5.16 Å². The molecular weight excluding hydrogens is 460 g/mol. The van der Waals surface area contributed by atoms with E-state index in [1.165, 1.54) is 16.4 Å². The number of nitrogens with zero attached hydrogens (tertiary/aromatic N) is 6. The van der Waals surface area contributed by atoms with Gasteiger partial charge in [-0.3, -0.25) is 14.7 Å². The second-order valence-electron chi connectivity index (χ2n) is 7.13. The van der Waals surface area contributed by atoms with Gasteiger partial charge in [-0.2, -0.15) is 4.31 Å². The van der Waals surface area contributed by atoms with Crippen LogP contribution in [0.5, 0.6) is 0 Å². The van der Waals surface area contributed by atoms with Gasteiger partial charge in [0.25, 0.3) is 5.69 Å². The van der Waals surface area contributed by atoms with E-state index >= 15 is 0 Å². The maximum atomic E-state index is 12.9. The zero-order valence-electron chi connectivity index (χ0n) is 17.5. The minimum atomic E-state index is -3.84. The van der Waals surface area contributed by atoms with Crippen molar-refractivity contribution >= 4 is 33.4 Å². The van der Waals surface area contributed by atoms with Gasteiger partial charge in [0.1, 0.15) is 0 Å². The number of nitro groups is 1. The summed E-state index contributed by atoms with van der Waals surface area (Å²) in [5.41, 5.74) is -0.289. The number of nitro benzene ring substituents is 1. The van der Waals surface area contributed by atoms with Crippen LogP contribution in [-0.2, 0) is 26.0 Å². The molecule has 0 radical (unpaired) electrons. The third kappa shape index (κ3) is 4.59. The number of aromatic nitrogens is 3. The monoisotopic (exact) mass is 484 g/mol. The topological polar surface area (TPSA) is 133 Å². The van der Waals surface area contributed by atoms with E-state index in [4.69, 9.17) is 9.47 Å². The molecule has 2 aliphatic rings. The Morgan fingerprint density at radius 1 is 1.09 bits per heavy atom. The first-order chi connectivity index (χ1) is 15.4. The highest BCUT2D eigenvalue weighted by Crippen LogP contribution is 2.37. The smallest absolute Gasteiger partial charge is 0.284 e. The molecule has 2 aliphatic heterocycles. The van der Waals surface area contributed by atoms with Crippen LogP contribution in [0.1, 0.15) is 6.92 Å². The lowest BCUT2D eigenvalue weighted by atomic mass is 10.3. The van der Waals surface area contributed by atoms with Crippen LogP contribution in [-0.4, -0.2) is 85.0 Å². The molecule has 14 heteroatoms. The minimum Gasteiger partial charge on any atom is -0.379 e. The maximum Gasteiger partial charge on any atom is 0.284 e. The lowest BCUT2D eigenvalue weighted by molar-refractivity contribution is -0.388. The summed E-state index contributed by atoms with van der Waals surface area (Å²) in [5.74, 6) is 0.687. The number of sulfonamides is 1. The number of hydrogen-bond acceptors (Lipinski definition) is 10. The predicted molar refractivity (Wildman–Crippen MR) is 116 cm³/mol. The van der Waals surface area contributed by atoms with Gasteiger partial charge in [0, 0.05) is 38.8 Å². The normalized spacial score (nSPS) is 18.1. The van der Waals surface area contributed by atoms with Crippen molar-refractivity contribution in [2.75, 3.05) is 57.5 Å².